The molecule has 0 aromatic carbocycles. The molecule has 0 saturated heterocycles. The van der Waals surface area contributed by atoms with Gasteiger partial charge in [-0.2, -0.15) is 0 Å². The number of aryl methyl sites for hydroxylation is 2. The molecule has 0 saturated carbocycles. The first kappa shape index (κ1) is 11.4. The van der Waals surface area contributed by atoms with Crippen molar-refractivity contribution in [2.45, 2.75) is 33.4 Å². The van der Waals surface area contributed by atoms with Crippen LogP contribution in [0.15, 0.2) is 28.9 Å². The summed E-state index contributed by atoms with van der Waals surface area (Å²) in [5.41, 5.74) is 1.21. The van der Waals surface area contributed by atoms with E-state index < -0.39 is 0 Å². The molecule has 2 heterocycles. The Labute approximate surface area is 100 Å². The lowest BCUT2D eigenvalue weighted by atomic mass is 10.2. The molecule has 2 nitrogen and oxygen atoms in total. The third kappa shape index (κ3) is 2.54. The second-order valence-electron chi connectivity index (χ2n) is 4.08. The van der Waals surface area contributed by atoms with Crippen molar-refractivity contribution in [3.05, 3.63) is 45.5 Å². The minimum Gasteiger partial charge on any atom is -0.467 e. The van der Waals surface area contributed by atoms with Gasteiger partial charge in [0.25, 0.3) is 0 Å². The quantitative estimate of drug-likeness (QED) is 0.871. The summed E-state index contributed by atoms with van der Waals surface area (Å²) in [6, 6.07) is 6.60. The van der Waals surface area contributed by atoms with Crippen LogP contribution in [0.1, 0.15) is 34.0 Å². The summed E-state index contributed by atoms with van der Waals surface area (Å²) in [6.07, 6.45) is 1.75. The van der Waals surface area contributed by atoms with Crippen LogP contribution in [-0.4, -0.2) is 0 Å². The zero-order valence-corrected chi connectivity index (χ0v) is 10.7. The number of hydrogen-bond donors (Lipinski definition) is 1. The molecule has 86 valence electrons. The number of hydrogen-bond acceptors (Lipinski definition) is 3. The van der Waals surface area contributed by atoms with Gasteiger partial charge in [-0.1, -0.05) is 0 Å². The first-order valence-corrected chi connectivity index (χ1v) is 6.31. The summed E-state index contributed by atoms with van der Waals surface area (Å²) in [5.74, 6) is 1.04. The third-order valence-electron chi connectivity index (χ3n) is 2.67. The molecule has 0 aliphatic heterocycles. The molecule has 1 unspecified atom stereocenters. The highest BCUT2D eigenvalue weighted by Gasteiger charge is 2.11. The normalized spacial score (nSPS) is 12.9. The summed E-state index contributed by atoms with van der Waals surface area (Å²) in [7, 11) is 0. The third-order valence-corrected chi connectivity index (χ3v) is 3.67. The number of rotatable bonds is 4. The van der Waals surface area contributed by atoms with Crippen molar-refractivity contribution in [2.24, 2.45) is 0 Å². The van der Waals surface area contributed by atoms with Crippen LogP contribution in [0.4, 0.5) is 0 Å². The van der Waals surface area contributed by atoms with Gasteiger partial charge in [0.05, 0.1) is 12.3 Å². The van der Waals surface area contributed by atoms with Gasteiger partial charge in [0.15, 0.2) is 0 Å². The van der Waals surface area contributed by atoms with Gasteiger partial charge in [0, 0.05) is 16.3 Å². The highest BCUT2D eigenvalue weighted by molar-refractivity contribution is 7.11. The first-order valence-electron chi connectivity index (χ1n) is 5.49. The summed E-state index contributed by atoms with van der Waals surface area (Å²) >= 11 is 1.84. The van der Waals surface area contributed by atoms with Crippen LogP contribution in [0.5, 0.6) is 0 Å². The monoisotopic (exact) mass is 235 g/mol. The van der Waals surface area contributed by atoms with Gasteiger partial charge in [0.2, 0.25) is 0 Å². The molecule has 0 aliphatic carbocycles. The van der Waals surface area contributed by atoms with E-state index in [2.05, 4.69) is 38.2 Å². The van der Waals surface area contributed by atoms with Crippen molar-refractivity contribution < 1.29 is 4.42 Å². The van der Waals surface area contributed by atoms with E-state index in [-0.39, 0.29) is 6.04 Å². The van der Waals surface area contributed by atoms with Crippen LogP contribution in [-0.2, 0) is 6.54 Å². The van der Waals surface area contributed by atoms with E-state index in [9.17, 15) is 0 Å². The molecule has 0 bridgehead atoms. The van der Waals surface area contributed by atoms with Gasteiger partial charge in [0.1, 0.15) is 5.76 Å². The second-order valence-corrected chi connectivity index (χ2v) is 5.46. The summed E-state index contributed by atoms with van der Waals surface area (Å²) in [4.78, 5) is 2.73. The molecule has 0 aliphatic rings. The van der Waals surface area contributed by atoms with E-state index in [1.54, 1.807) is 6.26 Å². The predicted molar refractivity (Wildman–Crippen MR) is 67.8 cm³/mol. The van der Waals surface area contributed by atoms with Crippen molar-refractivity contribution in [3.63, 3.8) is 0 Å². The van der Waals surface area contributed by atoms with E-state index >= 15 is 0 Å². The predicted octanol–water partition coefficient (Wildman–Crippen LogP) is 3.81. The van der Waals surface area contributed by atoms with Gasteiger partial charge in [-0.05, 0) is 44.5 Å². The molecule has 2 aromatic rings. The van der Waals surface area contributed by atoms with E-state index in [0.717, 1.165) is 12.3 Å². The Morgan fingerprint density at radius 3 is 2.69 bits per heavy atom. The van der Waals surface area contributed by atoms with Crippen molar-refractivity contribution in [1.29, 1.82) is 0 Å². The Balaban J connectivity index is 1.93. The minimum atomic E-state index is 0.261. The van der Waals surface area contributed by atoms with Crippen LogP contribution >= 0.6 is 11.3 Å². The van der Waals surface area contributed by atoms with E-state index in [0.29, 0.717) is 0 Å². The molecule has 0 fully saturated rings. The SMILES string of the molecule is Cc1ccc(CNC(C)c2occc2C)s1. The van der Waals surface area contributed by atoms with Crippen molar-refractivity contribution in [2.75, 3.05) is 0 Å². The molecule has 0 radical (unpaired) electrons. The highest BCUT2D eigenvalue weighted by atomic mass is 32.1. The zero-order valence-electron chi connectivity index (χ0n) is 9.91. The Hall–Kier alpha value is -1.06. The molecule has 0 spiro atoms. The molecule has 1 N–H and O–H groups in total. The maximum absolute atomic E-state index is 5.46. The molecular formula is C13H17NOS. The lowest BCUT2D eigenvalue weighted by molar-refractivity contribution is 0.428. The Bertz CT molecular complexity index is 458. The van der Waals surface area contributed by atoms with Crippen molar-refractivity contribution in [3.8, 4) is 0 Å². The van der Waals surface area contributed by atoms with Crippen LogP contribution in [0.3, 0.4) is 0 Å². The molecule has 16 heavy (non-hydrogen) atoms. The van der Waals surface area contributed by atoms with Gasteiger partial charge in [-0.25, -0.2) is 0 Å². The van der Waals surface area contributed by atoms with Crippen LogP contribution in [0, 0.1) is 13.8 Å². The van der Waals surface area contributed by atoms with E-state index in [1.165, 1.54) is 15.3 Å². The number of thiophene rings is 1. The maximum Gasteiger partial charge on any atom is 0.123 e. The lowest BCUT2D eigenvalue weighted by Gasteiger charge is -2.11. The van der Waals surface area contributed by atoms with E-state index in [4.69, 9.17) is 4.42 Å². The van der Waals surface area contributed by atoms with Gasteiger partial charge < -0.3 is 9.73 Å². The average Bonchev–Trinajstić information content (AvgIpc) is 2.84. The van der Waals surface area contributed by atoms with Gasteiger partial charge in [-0.15, -0.1) is 11.3 Å². The molecule has 1 atom stereocenters. The number of furan rings is 1. The summed E-state index contributed by atoms with van der Waals surface area (Å²) in [5, 5.41) is 3.47. The number of nitrogens with one attached hydrogen (secondary N) is 1. The summed E-state index contributed by atoms with van der Waals surface area (Å²) < 4.78 is 5.46. The largest absolute Gasteiger partial charge is 0.467 e. The van der Waals surface area contributed by atoms with Gasteiger partial charge >= 0.3 is 0 Å². The Morgan fingerprint density at radius 2 is 2.12 bits per heavy atom. The average molecular weight is 235 g/mol. The summed E-state index contributed by atoms with van der Waals surface area (Å²) in [6.45, 7) is 7.24. The van der Waals surface area contributed by atoms with Crippen LogP contribution in [0.25, 0.3) is 0 Å². The topological polar surface area (TPSA) is 25.2 Å². The van der Waals surface area contributed by atoms with Crippen molar-refractivity contribution >= 4 is 11.3 Å². The van der Waals surface area contributed by atoms with Crippen LogP contribution < -0.4 is 5.32 Å². The van der Waals surface area contributed by atoms with Crippen LogP contribution in [0.2, 0.25) is 0 Å². The lowest BCUT2D eigenvalue weighted by Crippen LogP contribution is -2.17. The standard InChI is InChI=1S/C13H17NOS/c1-9-6-7-15-13(9)11(3)14-8-12-5-4-10(2)16-12/h4-7,11,14H,8H2,1-3H3. The molecule has 3 heteroatoms. The fourth-order valence-electron chi connectivity index (χ4n) is 1.75. The second kappa shape index (κ2) is 4.85. The molecule has 0 amide bonds. The highest BCUT2D eigenvalue weighted by Crippen LogP contribution is 2.20. The minimum absolute atomic E-state index is 0.261. The fourth-order valence-corrected chi connectivity index (χ4v) is 2.60. The van der Waals surface area contributed by atoms with E-state index in [1.807, 2.05) is 17.4 Å². The first-order chi connectivity index (χ1) is 7.66. The van der Waals surface area contributed by atoms with Crippen molar-refractivity contribution in [1.82, 2.24) is 5.32 Å². The Kier molecular flexibility index (Phi) is 3.46. The Morgan fingerprint density at radius 1 is 1.31 bits per heavy atom. The molecular weight excluding hydrogens is 218 g/mol. The maximum atomic E-state index is 5.46. The molecule has 2 rings (SSSR count). The fraction of sp³-hybridized carbons (Fsp3) is 0.385. The van der Waals surface area contributed by atoms with Gasteiger partial charge in [-0.3, -0.25) is 0 Å². The smallest absolute Gasteiger partial charge is 0.123 e. The zero-order chi connectivity index (χ0) is 11.5. The molecule has 2 aromatic heterocycles.